The maximum atomic E-state index is 10.6. The van der Waals surface area contributed by atoms with Crippen molar-refractivity contribution in [3.63, 3.8) is 0 Å². The summed E-state index contributed by atoms with van der Waals surface area (Å²) in [6.45, 7) is 0.301. The maximum Gasteiger partial charge on any atom is 0.283 e. The molecule has 0 N–H and O–H groups in total. The van der Waals surface area contributed by atoms with Crippen LogP contribution in [-0.2, 0) is 6.42 Å². The number of hydrogen-bond acceptors (Lipinski definition) is 3. The summed E-state index contributed by atoms with van der Waals surface area (Å²) in [4.78, 5) is 12.7. The topological polar surface area (TPSA) is 91.9 Å². The van der Waals surface area contributed by atoms with E-state index in [-0.39, 0.29) is 5.69 Å². The number of rotatable bonds is 4. The van der Waals surface area contributed by atoms with Crippen molar-refractivity contribution in [1.29, 1.82) is 0 Å². The Kier molecular flexibility index (Phi) is 4.08. The Morgan fingerprint density at radius 1 is 1.60 bits per heavy atom. The summed E-state index contributed by atoms with van der Waals surface area (Å²) in [5.41, 5.74) is 8.87. The summed E-state index contributed by atoms with van der Waals surface area (Å²) in [6, 6.07) is 4.84. The molecule has 0 amide bonds. The summed E-state index contributed by atoms with van der Waals surface area (Å²) in [7, 11) is 0. The largest absolute Gasteiger partial charge is 0.283 e. The Morgan fingerprint density at radius 2 is 2.33 bits per heavy atom. The maximum absolute atomic E-state index is 10.6. The molecule has 0 aliphatic carbocycles. The number of nitrogens with zero attached hydrogens (tertiary/aromatic N) is 4. The molecule has 0 heterocycles. The van der Waals surface area contributed by atoms with Gasteiger partial charge in [-0.1, -0.05) is 11.2 Å². The predicted octanol–water partition coefficient (Wildman–Crippen LogP) is 3.21. The minimum Gasteiger partial charge on any atom is -0.258 e. The monoisotopic (exact) mass is 270 g/mol. The fourth-order valence-electron chi connectivity index (χ4n) is 1.08. The Balaban J connectivity index is 2.87. The Morgan fingerprint density at radius 3 is 2.93 bits per heavy atom. The van der Waals surface area contributed by atoms with E-state index in [1.807, 2.05) is 0 Å². The molecule has 1 aromatic carbocycles. The lowest BCUT2D eigenvalue weighted by Gasteiger charge is -1.99. The Hall–Kier alpha value is -1.59. The molecule has 0 aliphatic heterocycles. The van der Waals surface area contributed by atoms with Crippen LogP contribution in [0.2, 0.25) is 0 Å². The summed E-state index contributed by atoms with van der Waals surface area (Å²) in [5, 5.41) is 14.0. The zero-order chi connectivity index (χ0) is 11.3. The van der Waals surface area contributed by atoms with E-state index in [1.165, 1.54) is 6.07 Å². The van der Waals surface area contributed by atoms with E-state index in [0.29, 0.717) is 17.4 Å². The number of halogens is 1. The van der Waals surface area contributed by atoms with E-state index < -0.39 is 4.92 Å². The average Bonchev–Trinajstić information content (AvgIpc) is 2.20. The molecule has 0 radical (unpaired) electrons. The first kappa shape index (κ1) is 11.5. The molecule has 0 saturated heterocycles. The third kappa shape index (κ3) is 3.23. The van der Waals surface area contributed by atoms with Crippen LogP contribution in [0.15, 0.2) is 27.8 Å². The SMILES string of the molecule is [N-]=[N+]=NCCc1ccc(Br)c([N+](=O)[O-])c1. The van der Waals surface area contributed by atoms with Crippen LogP contribution in [0.3, 0.4) is 0 Å². The third-order valence-electron chi connectivity index (χ3n) is 1.77. The van der Waals surface area contributed by atoms with Crippen LogP contribution in [-0.4, -0.2) is 11.5 Å². The van der Waals surface area contributed by atoms with Gasteiger partial charge < -0.3 is 0 Å². The molecule has 6 nitrogen and oxygen atoms in total. The summed E-state index contributed by atoms with van der Waals surface area (Å²) in [6.07, 6.45) is 0.498. The highest BCUT2D eigenvalue weighted by molar-refractivity contribution is 9.10. The number of benzene rings is 1. The van der Waals surface area contributed by atoms with Crippen LogP contribution in [0.25, 0.3) is 10.4 Å². The molecule has 7 heteroatoms. The number of azide groups is 1. The average molecular weight is 271 g/mol. The zero-order valence-electron chi connectivity index (χ0n) is 7.63. The number of hydrogen-bond donors (Lipinski definition) is 0. The second kappa shape index (κ2) is 5.33. The van der Waals surface area contributed by atoms with Gasteiger partial charge in [-0.15, -0.1) is 0 Å². The van der Waals surface area contributed by atoms with Gasteiger partial charge in [0, 0.05) is 17.5 Å². The molecule has 0 spiro atoms. The fraction of sp³-hybridized carbons (Fsp3) is 0.250. The zero-order valence-corrected chi connectivity index (χ0v) is 9.22. The first-order chi connectivity index (χ1) is 7.15. The minimum absolute atomic E-state index is 0.0217. The summed E-state index contributed by atoms with van der Waals surface area (Å²) >= 11 is 3.09. The lowest BCUT2D eigenvalue weighted by Crippen LogP contribution is -1.93. The van der Waals surface area contributed by atoms with Crippen molar-refractivity contribution in [1.82, 2.24) is 0 Å². The fourth-order valence-corrected chi connectivity index (χ4v) is 1.47. The number of nitro benzene ring substituents is 1. The van der Waals surface area contributed by atoms with Gasteiger partial charge in [-0.25, -0.2) is 0 Å². The molecule has 15 heavy (non-hydrogen) atoms. The van der Waals surface area contributed by atoms with Crippen molar-refractivity contribution in [2.75, 3.05) is 6.54 Å². The van der Waals surface area contributed by atoms with Crippen molar-refractivity contribution in [2.45, 2.75) is 6.42 Å². The van der Waals surface area contributed by atoms with Gasteiger partial charge in [0.1, 0.15) is 0 Å². The van der Waals surface area contributed by atoms with Crippen molar-refractivity contribution in [3.8, 4) is 0 Å². The normalized spacial score (nSPS) is 9.40. The van der Waals surface area contributed by atoms with E-state index in [2.05, 4.69) is 26.0 Å². The summed E-state index contributed by atoms with van der Waals surface area (Å²) < 4.78 is 0.444. The van der Waals surface area contributed by atoms with E-state index in [4.69, 9.17) is 5.53 Å². The molecular weight excluding hydrogens is 264 g/mol. The molecule has 1 aromatic rings. The predicted molar refractivity (Wildman–Crippen MR) is 58.5 cm³/mol. The van der Waals surface area contributed by atoms with Gasteiger partial charge >= 0.3 is 0 Å². The van der Waals surface area contributed by atoms with Gasteiger partial charge in [-0.2, -0.15) is 0 Å². The molecule has 0 bridgehead atoms. The Labute approximate surface area is 93.8 Å². The molecular formula is C8H7BrN4O2. The highest BCUT2D eigenvalue weighted by Gasteiger charge is 2.11. The molecule has 0 aliphatic rings. The van der Waals surface area contributed by atoms with E-state index in [9.17, 15) is 10.1 Å². The van der Waals surface area contributed by atoms with E-state index in [1.54, 1.807) is 12.1 Å². The van der Waals surface area contributed by atoms with Gasteiger partial charge in [-0.3, -0.25) is 10.1 Å². The molecule has 0 atom stereocenters. The van der Waals surface area contributed by atoms with Gasteiger partial charge in [0.25, 0.3) is 5.69 Å². The van der Waals surface area contributed by atoms with Crippen LogP contribution in [0.4, 0.5) is 5.69 Å². The van der Waals surface area contributed by atoms with Crippen molar-refractivity contribution < 1.29 is 4.92 Å². The van der Waals surface area contributed by atoms with Crippen LogP contribution in [0, 0.1) is 10.1 Å². The second-order valence-corrected chi connectivity index (χ2v) is 3.60. The second-order valence-electron chi connectivity index (χ2n) is 2.75. The van der Waals surface area contributed by atoms with Crippen molar-refractivity contribution in [3.05, 3.63) is 48.8 Å². The highest BCUT2D eigenvalue weighted by atomic mass is 79.9. The molecule has 0 fully saturated rings. The van der Waals surface area contributed by atoms with Crippen molar-refractivity contribution in [2.24, 2.45) is 5.11 Å². The molecule has 1 rings (SSSR count). The van der Waals surface area contributed by atoms with Gasteiger partial charge in [-0.05, 0) is 39.5 Å². The van der Waals surface area contributed by atoms with Crippen LogP contribution in [0.1, 0.15) is 5.56 Å². The van der Waals surface area contributed by atoms with Gasteiger partial charge in [0.2, 0.25) is 0 Å². The number of nitro groups is 1. The summed E-state index contributed by atoms with van der Waals surface area (Å²) in [5.74, 6) is 0. The lowest BCUT2D eigenvalue weighted by molar-refractivity contribution is -0.385. The smallest absolute Gasteiger partial charge is 0.258 e. The molecule has 0 aromatic heterocycles. The Bertz CT molecular complexity index is 429. The molecule has 0 unspecified atom stereocenters. The first-order valence-electron chi connectivity index (χ1n) is 4.09. The van der Waals surface area contributed by atoms with Gasteiger partial charge in [0.05, 0.1) is 9.40 Å². The molecule has 0 saturated carbocycles. The lowest BCUT2D eigenvalue weighted by atomic mass is 10.1. The quantitative estimate of drug-likeness (QED) is 0.276. The standard InChI is InChI=1S/C8H7BrN4O2/c9-7-2-1-6(3-4-11-12-10)5-8(7)13(14)15/h1-2,5H,3-4H2. The van der Waals surface area contributed by atoms with Crippen molar-refractivity contribution >= 4 is 21.6 Å². The minimum atomic E-state index is -0.457. The van der Waals surface area contributed by atoms with Crippen LogP contribution in [0.5, 0.6) is 0 Å². The first-order valence-corrected chi connectivity index (χ1v) is 4.88. The third-order valence-corrected chi connectivity index (χ3v) is 2.44. The van der Waals surface area contributed by atoms with Crippen LogP contribution < -0.4 is 0 Å². The molecule has 78 valence electrons. The highest BCUT2D eigenvalue weighted by Crippen LogP contribution is 2.25. The van der Waals surface area contributed by atoms with E-state index >= 15 is 0 Å². The van der Waals surface area contributed by atoms with Crippen LogP contribution >= 0.6 is 15.9 Å². The van der Waals surface area contributed by atoms with Gasteiger partial charge in [0.15, 0.2) is 0 Å². The van der Waals surface area contributed by atoms with E-state index in [0.717, 1.165) is 5.56 Å².